The quantitative estimate of drug-likeness (QED) is 0.873. The summed E-state index contributed by atoms with van der Waals surface area (Å²) in [6, 6.07) is 5.74. The Hall–Kier alpha value is -1.12. The van der Waals surface area contributed by atoms with Gasteiger partial charge in [0.2, 0.25) is 10.0 Å². The van der Waals surface area contributed by atoms with Crippen molar-refractivity contribution in [1.29, 1.82) is 0 Å². The minimum atomic E-state index is -4.57. The summed E-state index contributed by atoms with van der Waals surface area (Å²) in [4.78, 5) is 0. The number of hydrogen-bond acceptors (Lipinski definition) is 3. The molecule has 0 unspecified atom stereocenters. The third kappa shape index (κ3) is 5.64. The van der Waals surface area contributed by atoms with Crippen molar-refractivity contribution in [3.05, 3.63) is 35.4 Å². The van der Waals surface area contributed by atoms with Crippen LogP contribution in [0.15, 0.2) is 24.3 Å². The molecule has 0 amide bonds. The number of nitrogens with zero attached hydrogens (tertiary/aromatic N) is 1. The summed E-state index contributed by atoms with van der Waals surface area (Å²) in [5, 5.41) is 0. The lowest BCUT2D eigenvalue weighted by molar-refractivity contribution is -0.138. The Bertz CT molecular complexity index is 571. The Labute approximate surface area is 122 Å². The van der Waals surface area contributed by atoms with Crippen molar-refractivity contribution in [2.45, 2.75) is 38.4 Å². The van der Waals surface area contributed by atoms with Crippen LogP contribution in [0.5, 0.6) is 0 Å². The highest BCUT2D eigenvalue weighted by Crippen LogP contribution is 2.22. The van der Waals surface area contributed by atoms with Gasteiger partial charge in [-0.15, -0.1) is 0 Å². The van der Waals surface area contributed by atoms with Gasteiger partial charge >= 0.3 is 6.18 Å². The highest BCUT2D eigenvalue weighted by Gasteiger charge is 2.37. The number of hydrogen-bond donors (Lipinski definition) is 1. The fourth-order valence-electron chi connectivity index (χ4n) is 1.92. The van der Waals surface area contributed by atoms with E-state index in [-0.39, 0.29) is 6.54 Å². The third-order valence-electron chi connectivity index (χ3n) is 2.84. The molecule has 0 radical (unpaired) electrons. The van der Waals surface area contributed by atoms with Crippen LogP contribution < -0.4 is 5.73 Å². The molecule has 0 saturated heterocycles. The fraction of sp³-hybridized carbons (Fsp3) is 0.538. The van der Waals surface area contributed by atoms with Gasteiger partial charge in [0.15, 0.2) is 0 Å². The summed E-state index contributed by atoms with van der Waals surface area (Å²) in [5.41, 5.74) is 6.62. The van der Waals surface area contributed by atoms with Gasteiger partial charge in [-0.25, -0.2) is 8.42 Å². The second kappa shape index (κ2) is 6.76. The van der Waals surface area contributed by atoms with E-state index in [0.29, 0.717) is 9.87 Å². The van der Waals surface area contributed by atoms with Gasteiger partial charge in [0.05, 0.1) is 5.75 Å². The number of alkyl halides is 3. The molecule has 2 N–H and O–H groups in total. The standard InChI is InChI=1S/C13H19F3N2O2S/c1-10(2)18(9-13(14,15)16)21(19,20)8-12-5-3-4-11(6-12)7-17/h3-6,10H,7-9,17H2,1-2H3. The van der Waals surface area contributed by atoms with Crippen molar-refractivity contribution < 1.29 is 21.6 Å². The number of sulfonamides is 1. The molecular formula is C13H19F3N2O2S. The Morgan fingerprint density at radius 3 is 2.29 bits per heavy atom. The van der Waals surface area contributed by atoms with Crippen molar-refractivity contribution in [3.63, 3.8) is 0 Å². The summed E-state index contributed by atoms with van der Waals surface area (Å²) in [7, 11) is -4.06. The van der Waals surface area contributed by atoms with Crippen LogP contribution in [-0.2, 0) is 22.3 Å². The molecule has 8 heteroatoms. The number of nitrogens with two attached hydrogens (primary N) is 1. The lowest BCUT2D eigenvalue weighted by Gasteiger charge is -2.26. The van der Waals surface area contributed by atoms with Crippen LogP contribution in [0.1, 0.15) is 25.0 Å². The van der Waals surface area contributed by atoms with E-state index in [1.54, 1.807) is 24.3 Å². The molecule has 0 aliphatic rings. The molecule has 0 aliphatic heterocycles. The van der Waals surface area contributed by atoms with Gasteiger partial charge in [0.25, 0.3) is 0 Å². The van der Waals surface area contributed by atoms with Crippen LogP contribution >= 0.6 is 0 Å². The average molecular weight is 324 g/mol. The molecule has 0 bridgehead atoms. The fourth-order valence-corrected chi connectivity index (χ4v) is 3.67. The molecule has 4 nitrogen and oxygen atoms in total. The lowest BCUT2D eigenvalue weighted by atomic mass is 10.1. The molecule has 0 atom stereocenters. The van der Waals surface area contributed by atoms with Crippen molar-refractivity contribution >= 4 is 10.0 Å². The normalized spacial score (nSPS) is 13.1. The SMILES string of the molecule is CC(C)N(CC(F)(F)F)S(=O)(=O)Cc1cccc(CN)c1. The summed E-state index contributed by atoms with van der Waals surface area (Å²) < 4.78 is 62.5. The zero-order chi connectivity index (χ0) is 16.3. The first-order chi connectivity index (χ1) is 9.55. The van der Waals surface area contributed by atoms with E-state index >= 15 is 0 Å². The first-order valence-electron chi connectivity index (χ1n) is 6.39. The van der Waals surface area contributed by atoms with Crippen molar-refractivity contribution in [3.8, 4) is 0 Å². The third-order valence-corrected chi connectivity index (χ3v) is 4.81. The molecule has 0 fully saturated rings. The van der Waals surface area contributed by atoms with Gasteiger partial charge in [-0.1, -0.05) is 24.3 Å². The Morgan fingerprint density at radius 1 is 1.24 bits per heavy atom. The van der Waals surface area contributed by atoms with E-state index in [1.165, 1.54) is 13.8 Å². The summed E-state index contributed by atoms with van der Waals surface area (Å²) in [6.45, 7) is 1.59. The molecule has 1 aromatic carbocycles. The van der Waals surface area contributed by atoms with Gasteiger partial charge in [0, 0.05) is 12.6 Å². The molecular weight excluding hydrogens is 305 g/mol. The maximum atomic E-state index is 12.5. The Morgan fingerprint density at radius 2 is 1.81 bits per heavy atom. The van der Waals surface area contributed by atoms with Crippen molar-refractivity contribution in [2.24, 2.45) is 5.73 Å². The monoisotopic (exact) mass is 324 g/mol. The zero-order valence-corrected chi connectivity index (χ0v) is 12.7. The van der Waals surface area contributed by atoms with E-state index < -0.39 is 34.5 Å². The van der Waals surface area contributed by atoms with Crippen LogP contribution in [0.25, 0.3) is 0 Å². The van der Waals surface area contributed by atoms with Gasteiger partial charge in [-0.05, 0) is 25.0 Å². The van der Waals surface area contributed by atoms with Crippen LogP contribution in [0.3, 0.4) is 0 Å². The minimum absolute atomic E-state index is 0.240. The van der Waals surface area contributed by atoms with Crippen molar-refractivity contribution in [1.82, 2.24) is 4.31 Å². The Balaban J connectivity index is 3.01. The molecule has 1 aromatic rings. The molecule has 0 heterocycles. The predicted molar refractivity (Wildman–Crippen MR) is 74.9 cm³/mol. The molecule has 1 rings (SSSR count). The second-order valence-electron chi connectivity index (χ2n) is 5.03. The topological polar surface area (TPSA) is 63.4 Å². The van der Waals surface area contributed by atoms with E-state index in [2.05, 4.69) is 0 Å². The van der Waals surface area contributed by atoms with Crippen LogP contribution in [0.2, 0.25) is 0 Å². The number of halogens is 3. The molecule has 21 heavy (non-hydrogen) atoms. The van der Waals surface area contributed by atoms with Crippen LogP contribution in [0, 0.1) is 0 Å². The lowest BCUT2D eigenvalue weighted by Crippen LogP contribution is -2.43. The molecule has 120 valence electrons. The molecule has 0 aromatic heterocycles. The summed E-state index contributed by atoms with van der Waals surface area (Å²) in [5.74, 6) is -0.477. The van der Waals surface area contributed by atoms with Gasteiger partial charge < -0.3 is 5.73 Å². The highest BCUT2D eigenvalue weighted by atomic mass is 32.2. The summed E-state index contributed by atoms with van der Waals surface area (Å²) >= 11 is 0. The van der Waals surface area contributed by atoms with E-state index in [9.17, 15) is 21.6 Å². The maximum Gasteiger partial charge on any atom is 0.402 e. The first kappa shape index (κ1) is 17.9. The smallest absolute Gasteiger partial charge is 0.326 e. The second-order valence-corrected chi connectivity index (χ2v) is 6.96. The number of rotatable bonds is 6. The first-order valence-corrected chi connectivity index (χ1v) is 8.00. The van der Waals surface area contributed by atoms with E-state index in [0.717, 1.165) is 5.56 Å². The Kier molecular flexibility index (Phi) is 5.77. The highest BCUT2D eigenvalue weighted by molar-refractivity contribution is 7.88. The zero-order valence-electron chi connectivity index (χ0n) is 11.9. The average Bonchev–Trinajstić information content (AvgIpc) is 2.34. The number of benzene rings is 1. The molecule has 0 aliphatic carbocycles. The maximum absolute atomic E-state index is 12.5. The van der Waals surface area contributed by atoms with Gasteiger partial charge in [0.1, 0.15) is 6.54 Å². The van der Waals surface area contributed by atoms with Gasteiger partial charge in [-0.2, -0.15) is 17.5 Å². The minimum Gasteiger partial charge on any atom is -0.326 e. The largest absolute Gasteiger partial charge is 0.402 e. The molecule has 0 saturated carbocycles. The summed E-state index contributed by atoms with van der Waals surface area (Å²) in [6.07, 6.45) is -4.57. The predicted octanol–water partition coefficient (Wildman–Crippen LogP) is 2.25. The molecule has 0 spiro atoms. The van der Waals surface area contributed by atoms with E-state index in [1.807, 2.05) is 0 Å². The van der Waals surface area contributed by atoms with Gasteiger partial charge in [-0.3, -0.25) is 0 Å². The van der Waals surface area contributed by atoms with E-state index in [4.69, 9.17) is 5.73 Å². The van der Waals surface area contributed by atoms with Crippen LogP contribution in [-0.4, -0.2) is 31.5 Å². The van der Waals surface area contributed by atoms with Crippen LogP contribution in [0.4, 0.5) is 13.2 Å². The van der Waals surface area contributed by atoms with Crippen molar-refractivity contribution in [2.75, 3.05) is 6.54 Å².